The zero-order valence-corrected chi connectivity index (χ0v) is 11.7. The summed E-state index contributed by atoms with van der Waals surface area (Å²) in [6, 6.07) is 3.95. The number of hydrogen-bond donors (Lipinski definition) is 6. The number of hydrogen-bond acceptors (Lipinski definition) is 6. The molecular weight excluding hydrogens is 294 g/mol. The summed E-state index contributed by atoms with van der Waals surface area (Å²) in [6.07, 6.45) is 0.754. The quantitative estimate of drug-likeness (QED) is 0.304. The maximum Gasteiger partial charge on any atom is 0.338 e. The highest BCUT2D eigenvalue weighted by molar-refractivity contribution is 5.91. The number of aliphatic hydroxyl groups excluding tert-OH is 1. The van der Waals surface area contributed by atoms with Crippen molar-refractivity contribution in [2.75, 3.05) is 6.54 Å². The monoisotopic (exact) mass is 311 g/mol. The van der Waals surface area contributed by atoms with Gasteiger partial charge < -0.3 is 30.8 Å². The second kappa shape index (κ2) is 6.92. The lowest BCUT2D eigenvalue weighted by Gasteiger charge is -2.24. The maximum absolute atomic E-state index is 11.5. The number of nitrogens with one attached hydrogen (secondary N) is 1. The second-order valence-electron chi connectivity index (χ2n) is 4.80. The lowest BCUT2D eigenvalue weighted by molar-refractivity contribution is -0.168. The van der Waals surface area contributed by atoms with Crippen LogP contribution in [-0.4, -0.2) is 55.7 Å². The first-order chi connectivity index (χ1) is 10.1. The van der Waals surface area contributed by atoms with Crippen molar-refractivity contribution in [2.45, 2.75) is 18.6 Å². The third-order valence-electron chi connectivity index (χ3n) is 2.98. The average Bonchev–Trinajstić information content (AvgIpc) is 2.45. The molecule has 22 heavy (non-hydrogen) atoms. The molecule has 1 rings (SSSR count). The van der Waals surface area contributed by atoms with Gasteiger partial charge in [-0.2, -0.15) is 0 Å². The molecule has 6 N–H and O–H groups in total. The van der Waals surface area contributed by atoms with E-state index in [1.165, 1.54) is 24.3 Å². The van der Waals surface area contributed by atoms with E-state index in [4.69, 9.17) is 10.2 Å². The van der Waals surface area contributed by atoms with Crippen molar-refractivity contribution in [3.05, 3.63) is 29.8 Å². The molecule has 0 aromatic heterocycles. The summed E-state index contributed by atoms with van der Waals surface area (Å²) in [5.74, 6) is -2.87. The topological polar surface area (TPSA) is 147 Å². The number of aromatic hydroxyl groups is 2. The van der Waals surface area contributed by atoms with E-state index in [1.54, 1.807) is 0 Å². The molecule has 0 radical (unpaired) electrons. The third kappa shape index (κ3) is 4.47. The van der Waals surface area contributed by atoms with Gasteiger partial charge in [0, 0.05) is 12.6 Å². The number of amides is 1. The molecule has 1 aromatic carbocycles. The zero-order chi connectivity index (χ0) is 16.9. The van der Waals surface area contributed by atoms with Gasteiger partial charge in [-0.3, -0.25) is 4.79 Å². The summed E-state index contributed by atoms with van der Waals surface area (Å²) in [5, 5.41) is 48.3. The first kappa shape index (κ1) is 17.5. The summed E-state index contributed by atoms with van der Waals surface area (Å²) in [7, 11) is 0. The Morgan fingerprint density at radius 3 is 2.50 bits per heavy atom. The first-order valence-electron chi connectivity index (χ1n) is 6.26. The highest BCUT2D eigenvalue weighted by atomic mass is 16.4. The fourth-order valence-corrected chi connectivity index (χ4v) is 1.41. The van der Waals surface area contributed by atoms with E-state index in [0.29, 0.717) is 5.56 Å². The second-order valence-corrected chi connectivity index (χ2v) is 4.80. The Labute approximate surface area is 126 Å². The van der Waals surface area contributed by atoms with Crippen molar-refractivity contribution >= 4 is 18.0 Å². The minimum Gasteiger partial charge on any atom is -0.504 e. The summed E-state index contributed by atoms with van der Waals surface area (Å²) < 4.78 is 0. The minimum atomic E-state index is -2.38. The van der Waals surface area contributed by atoms with Gasteiger partial charge in [0.05, 0.1) is 0 Å². The number of phenolic OH excluding ortho intramolecular Hbond substituents is 2. The van der Waals surface area contributed by atoms with Crippen molar-refractivity contribution in [1.29, 1.82) is 0 Å². The van der Waals surface area contributed by atoms with Crippen LogP contribution in [0.2, 0.25) is 0 Å². The Balaban J connectivity index is 2.58. The fourth-order valence-electron chi connectivity index (χ4n) is 1.41. The molecule has 0 saturated carbocycles. The lowest BCUT2D eigenvalue weighted by Crippen LogP contribution is -2.51. The molecule has 2 atom stereocenters. The van der Waals surface area contributed by atoms with Gasteiger partial charge in [0.25, 0.3) is 0 Å². The minimum absolute atomic E-state index is 0.291. The molecule has 120 valence electrons. The van der Waals surface area contributed by atoms with E-state index in [2.05, 4.69) is 5.32 Å². The van der Waals surface area contributed by atoms with Crippen LogP contribution in [0.15, 0.2) is 24.3 Å². The maximum atomic E-state index is 11.5. The summed E-state index contributed by atoms with van der Waals surface area (Å²) in [6.45, 7) is 0.463. The number of benzene rings is 1. The van der Waals surface area contributed by atoms with Crippen LogP contribution in [0, 0.1) is 0 Å². The Hall–Kier alpha value is -2.58. The van der Waals surface area contributed by atoms with Gasteiger partial charge in [-0.15, -0.1) is 0 Å². The van der Waals surface area contributed by atoms with Gasteiger partial charge in [-0.25, -0.2) is 4.79 Å². The van der Waals surface area contributed by atoms with Crippen molar-refractivity contribution in [1.82, 2.24) is 5.32 Å². The number of rotatable bonds is 6. The number of aliphatic hydroxyl groups is 2. The Kier molecular flexibility index (Phi) is 5.50. The predicted octanol–water partition coefficient (Wildman–Crippen LogP) is -0.576. The van der Waals surface area contributed by atoms with Crippen LogP contribution in [0.5, 0.6) is 11.5 Å². The molecule has 1 amide bonds. The molecule has 0 aliphatic heterocycles. The van der Waals surface area contributed by atoms with E-state index < -0.39 is 30.1 Å². The Morgan fingerprint density at radius 1 is 1.32 bits per heavy atom. The Bertz CT molecular complexity index is 595. The van der Waals surface area contributed by atoms with E-state index in [0.717, 1.165) is 13.0 Å². The van der Waals surface area contributed by atoms with Crippen LogP contribution in [-0.2, 0) is 9.59 Å². The van der Waals surface area contributed by atoms with Crippen LogP contribution in [0.1, 0.15) is 12.5 Å². The molecule has 8 nitrogen and oxygen atoms in total. The van der Waals surface area contributed by atoms with Crippen LogP contribution in [0.25, 0.3) is 6.08 Å². The number of carbonyl (C=O) groups is 2. The van der Waals surface area contributed by atoms with E-state index in [1.807, 2.05) is 0 Å². The van der Waals surface area contributed by atoms with Gasteiger partial charge in [0.2, 0.25) is 5.91 Å². The number of carbonyl (C=O) groups excluding carboxylic acids is 1. The normalized spacial score (nSPS) is 15.2. The molecule has 0 spiro atoms. The predicted molar refractivity (Wildman–Crippen MR) is 76.1 cm³/mol. The van der Waals surface area contributed by atoms with E-state index in [-0.39, 0.29) is 11.5 Å². The number of carboxylic acid groups (broad SMARTS) is 1. The molecule has 8 heteroatoms. The molecule has 1 aromatic rings. The fraction of sp³-hybridized carbons (Fsp3) is 0.286. The molecule has 0 saturated heterocycles. The van der Waals surface area contributed by atoms with E-state index >= 15 is 0 Å². The highest BCUT2D eigenvalue weighted by Crippen LogP contribution is 2.25. The Morgan fingerprint density at radius 2 is 1.95 bits per heavy atom. The molecule has 0 bridgehead atoms. The molecule has 0 aliphatic carbocycles. The first-order valence-corrected chi connectivity index (χ1v) is 6.26. The zero-order valence-electron chi connectivity index (χ0n) is 11.7. The highest BCUT2D eigenvalue weighted by Gasteiger charge is 2.38. The SMILES string of the molecule is C[C@@](O)(C(=O)O)[C@@H](O)CNC(=O)/C=C\c1ccc(O)c(O)c1. The molecular formula is C14H17NO7. The molecule has 0 unspecified atom stereocenters. The molecule has 0 heterocycles. The average molecular weight is 311 g/mol. The molecule has 0 fully saturated rings. The summed E-state index contributed by atoms with van der Waals surface area (Å²) >= 11 is 0. The van der Waals surface area contributed by atoms with Gasteiger partial charge >= 0.3 is 5.97 Å². The van der Waals surface area contributed by atoms with Gasteiger partial charge in [-0.1, -0.05) is 6.07 Å². The smallest absolute Gasteiger partial charge is 0.338 e. The van der Waals surface area contributed by atoms with Gasteiger partial charge in [0.15, 0.2) is 17.1 Å². The van der Waals surface area contributed by atoms with Crippen LogP contribution >= 0.6 is 0 Å². The van der Waals surface area contributed by atoms with Crippen LogP contribution < -0.4 is 5.32 Å². The standard InChI is InChI=1S/C14H17NO7/c1-14(22,13(20)21)11(18)7-15-12(19)5-3-8-2-4-9(16)10(17)6-8/h2-6,11,16-18,22H,7H2,1H3,(H,15,19)(H,20,21)/b5-3-/t11-,14-/m0/s1. The van der Waals surface area contributed by atoms with Gasteiger partial charge in [0.1, 0.15) is 6.10 Å². The van der Waals surface area contributed by atoms with Crippen molar-refractivity contribution in [3.63, 3.8) is 0 Å². The third-order valence-corrected chi connectivity index (χ3v) is 2.98. The molecule has 0 aliphatic rings. The number of phenols is 2. The number of carboxylic acids is 1. The van der Waals surface area contributed by atoms with Crippen LogP contribution in [0.3, 0.4) is 0 Å². The summed E-state index contributed by atoms with van der Waals surface area (Å²) in [4.78, 5) is 22.2. The lowest BCUT2D eigenvalue weighted by atomic mass is 9.99. The van der Waals surface area contributed by atoms with Crippen molar-refractivity contribution < 1.29 is 35.1 Å². The number of aliphatic carboxylic acids is 1. The van der Waals surface area contributed by atoms with Crippen molar-refractivity contribution in [2.24, 2.45) is 0 Å². The van der Waals surface area contributed by atoms with Crippen LogP contribution in [0.4, 0.5) is 0 Å². The summed E-state index contributed by atoms with van der Waals surface area (Å²) in [5.41, 5.74) is -1.93. The largest absolute Gasteiger partial charge is 0.504 e. The van der Waals surface area contributed by atoms with Gasteiger partial charge in [-0.05, 0) is 30.7 Å². The van der Waals surface area contributed by atoms with Crippen molar-refractivity contribution in [3.8, 4) is 11.5 Å². The van der Waals surface area contributed by atoms with E-state index in [9.17, 15) is 24.9 Å².